The van der Waals surface area contributed by atoms with Crippen molar-refractivity contribution in [3.8, 4) is 0 Å². The van der Waals surface area contributed by atoms with Gasteiger partial charge in [-0.25, -0.2) is 4.98 Å². The van der Waals surface area contributed by atoms with Crippen molar-refractivity contribution in [2.75, 3.05) is 11.9 Å². The minimum absolute atomic E-state index is 0.0883. The molecule has 6 heteroatoms. The van der Waals surface area contributed by atoms with Crippen LogP contribution in [-0.2, 0) is 6.54 Å². The van der Waals surface area contributed by atoms with Gasteiger partial charge in [0.15, 0.2) is 17.1 Å². The van der Waals surface area contributed by atoms with Crippen molar-refractivity contribution in [2.24, 2.45) is 0 Å². The lowest BCUT2D eigenvalue weighted by atomic mass is 10.2. The standard InChI is InChI=1S/C14H15ClN4O/c1-2-19-13(20)11-12(17-14(19)15)16-9-18(11)8-10-6-4-3-5-7-10/h3-7,9,14,17H,2,8H2,1H3. The second-order valence-corrected chi connectivity index (χ2v) is 5.04. The van der Waals surface area contributed by atoms with Crippen molar-refractivity contribution in [3.05, 3.63) is 47.9 Å². The number of hydrogen-bond acceptors (Lipinski definition) is 3. The number of benzene rings is 1. The Bertz CT molecular complexity index is 625. The second kappa shape index (κ2) is 5.17. The Morgan fingerprint density at radius 3 is 2.80 bits per heavy atom. The number of nitrogens with zero attached hydrogens (tertiary/aromatic N) is 3. The van der Waals surface area contributed by atoms with Gasteiger partial charge in [-0.2, -0.15) is 0 Å². The fraction of sp³-hybridized carbons (Fsp3) is 0.286. The number of amides is 1. The van der Waals surface area contributed by atoms with E-state index >= 15 is 0 Å². The summed E-state index contributed by atoms with van der Waals surface area (Å²) >= 11 is 6.12. The zero-order valence-corrected chi connectivity index (χ0v) is 11.8. The Hall–Kier alpha value is -2.01. The molecule has 1 aromatic heterocycles. The molecule has 1 unspecified atom stereocenters. The van der Waals surface area contributed by atoms with Gasteiger partial charge in [0.2, 0.25) is 0 Å². The molecule has 0 spiro atoms. The average Bonchev–Trinajstić information content (AvgIpc) is 2.83. The maximum absolute atomic E-state index is 12.5. The zero-order valence-electron chi connectivity index (χ0n) is 11.1. The van der Waals surface area contributed by atoms with Crippen LogP contribution in [0.3, 0.4) is 0 Å². The molecule has 0 aliphatic carbocycles. The van der Waals surface area contributed by atoms with Crippen LogP contribution in [0.2, 0.25) is 0 Å². The summed E-state index contributed by atoms with van der Waals surface area (Å²) in [6, 6.07) is 9.97. The highest BCUT2D eigenvalue weighted by Gasteiger charge is 2.33. The number of carbonyl (C=O) groups excluding carboxylic acids is 1. The topological polar surface area (TPSA) is 50.2 Å². The van der Waals surface area contributed by atoms with Crippen molar-refractivity contribution < 1.29 is 4.79 Å². The Kier molecular flexibility index (Phi) is 3.36. The van der Waals surface area contributed by atoms with Crippen LogP contribution >= 0.6 is 11.6 Å². The van der Waals surface area contributed by atoms with E-state index in [0.29, 0.717) is 24.6 Å². The second-order valence-electron chi connectivity index (χ2n) is 4.63. The Morgan fingerprint density at radius 2 is 2.10 bits per heavy atom. The van der Waals surface area contributed by atoms with Crippen molar-refractivity contribution in [1.29, 1.82) is 0 Å². The first-order chi connectivity index (χ1) is 9.70. The molecule has 3 rings (SSSR count). The molecule has 0 saturated heterocycles. The molecule has 1 amide bonds. The summed E-state index contributed by atoms with van der Waals surface area (Å²) in [5.41, 5.74) is 1.14. The van der Waals surface area contributed by atoms with Gasteiger partial charge in [-0.15, -0.1) is 0 Å². The molecule has 0 fully saturated rings. The fourth-order valence-corrected chi connectivity index (χ4v) is 2.68. The van der Waals surface area contributed by atoms with E-state index in [0.717, 1.165) is 5.56 Å². The van der Waals surface area contributed by atoms with Gasteiger partial charge in [-0.3, -0.25) is 4.79 Å². The quantitative estimate of drug-likeness (QED) is 0.697. The predicted molar refractivity (Wildman–Crippen MR) is 77.7 cm³/mol. The van der Waals surface area contributed by atoms with E-state index < -0.39 is 5.62 Å². The lowest BCUT2D eigenvalue weighted by Crippen LogP contribution is -2.46. The van der Waals surface area contributed by atoms with Gasteiger partial charge in [0.05, 0.1) is 6.33 Å². The highest BCUT2D eigenvalue weighted by molar-refractivity contribution is 6.23. The molecule has 2 heterocycles. The van der Waals surface area contributed by atoms with E-state index in [9.17, 15) is 4.79 Å². The highest BCUT2D eigenvalue weighted by Crippen LogP contribution is 2.26. The van der Waals surface area contributed by atoms with Crippen molar-refractivity contribution in [2.45, 2.75) is 19.1 Å². The third-order valence-electron chi connectivity index (χ3n) is 3.37. The van der Waals surface area contributed by atoms with Gasteiger partial charge in [0.25, 0.3) is 5.91 Å². The summed E-state index contributed by atoms with van der Waals surface area (Å²) in [5.74, 6) is 0.463. The Labute approximate surface area is 122 Å². The zero-order chi connectivity index (χ0) is 14.1. The molecular weight excluding hydrogens is 276 g/mol. The number of anilines is 1. The van der Waals surface area contributed by atoms with Gasteiger partial charge < -0.3 is 14.8 Å². The Balaban J connectivity index is 1.95. The third-order valence-corrected chi connectivity index (χ3v) is 3.71. The molecule has 1 aliphatic heterocycles. The number of rotatable bonds is 3. The van der Waals surface area contributed by atoms with Crippen molar-refractivity contribution >= 4 is 23.3 Å². The van der Waals surface area contributed by atoms with E-state index in [2.05, 4.69) is 10.3 Å². The first-order valence-electron chi connectivity index (χ1n) is 6.51. The summed E-state index contributed by atoms with van der Waals surface area (Å²) in [4.78, 5) is 18.3. The lowest BCUT2D eigenvalue weighted by molar-refractivity contribution is 0.0734. The molecule has 0 radical (unpaired) electrons. The number of hydrogen-bond donors (Lipinski definition) is 1. The van der Waals surface area contributed by atoms with Crippen LogP contribution < -0.4 is 5.32 Å². The van der Waals surface area contributed by atoms with Gasteiger partial charge in [-0.05, 0) is 12.5 Å². The van der Waals surface area contributed by atoms with E-state index in [1.807, 2.05) is 41.8 Å². The number of imidazole rings is 1. The summed E-state index contributed by atoms with van der Waals surface area (Å²) in [5, 5.41) is 3.04. The molecule has 1 aromatic carbocycles. The van der Waals surface area contributed by atoms with Gasteiger partial charge in [0.1, 0.15) is 0 Å². The molecule has 5 nitrogen and oxygen atoms in total. The van der Waals surface area contributed by atoms with Crippen LogP contribution in [0, 0.1) is 0 Å². The highest BCUT2D eigenvalue weighted by atomic mass is 35.5. The fourth-order valence-electron chi connectivity index (χ4n) is 2.35. The largest absolute Gasteiger partial charge is 0.335 e. The number of halogens is 1. The maximum Gasteiger partial charge on any atom is 0.276 e. The van der Waals surface area contributed by atoms with Gasteiger partial charge in [0, 0.05) is 13.1 Å². The first kappa shape index (κ1) is 13.0. The molecule has 1 aliphatic rings. The number of aromatic nitrogens is 2. The monoisotopic (exact) mass is 290 g/mol. The molecule has 20 heavy (non-hydrogen) atoms. The van der Waals surface area contributed by atoms with Crippen molar-refractivity contribution in [1.82, 2.24) is 14.5 Å². The van der Waals surface area contributed by atoms with Crippen LogP contribution in [0.15, 0.2) is 36.7 Å². The SMILES string of the molecule is CCN1C(=O)c2c(ncn2Cc2ccccc2)NC1Cl. The molecule has 0 bridgehead atoms. The van der Waals surface area contributed by atoms with E-state index in [1.54, 1.807) is 11.2 Å². The van der Waals surface area contributed by atoms with Gasteiger partial charge in [-0.1, -0.05) is 41.9 Å². The number of carbonyl (C=O) groups is 1. The smallest absolute Gasteiger partial charge is 0.276 e. The number of fused-ring (bicyclic) bond motifs is 1. The van der Waals surface area contributed by atoms with Crippen LogP contribution in [0.25, 0.3) is 0 Å². The molecular formula is C14H15ClN4O. The summed E-state index contributed by atoms with van der Waals surface area (Å²) in [6.45, 7) is 3.06. The molecule has 1 N–H and O–H groups in total. The van der Waals surface area contributed by atoms with E-state index in [4.69, 9.17) is 11.6 Å². The normalized spacial score (nSPS) is 17.8. The van der Waals surface area contributed by atoms with E-state index in [1.165, 1.54) is 0 Å². The average molecular weight is 291 g/mol. The molecule has 104 valence electrons. The van der Waals surface area contributed by atoms with Crippen LogP contribution in [0.1, 0.15) is 23.0 Å². The third kappa shape index (κ3) is 2.14. The summed E-state index contributed by atoms with van der Waals surface area (Å²) < 4.78 is 1.85. The number of nitrogens with one attached hydrogen (secondary N) is 1. The molecule has 0 saturated carbocycles. The summed E-state index contributed by atoms with van der Waals surface area (Å²) in [6.07, 6.45) is 1.67. The number of alkyl halides is 1. The molecule has 1 atom stereocenters. The molecule has 2 aromatic rings. The van der Waals surface area contributed by atoms with Crippen molar-refractivity contribution in [3.63, 3.8) is 0 Å². The predicted octanol–water partition coefficient (Wildman–Crippen LogP) is 2.34. The Morgan fingerprint density at radius 1 is 1.35 bits per heavy atom. The van der Waals surface area contributed by atoms with E-state index in [-0.39, 0.29) is 5.91 Å². The van der Waals surface area contributed by atoms with Gasteiger partial charge >= 0.3 is 0 Å². The van der Waals surface area contributed by atoms with Crippen LogP contribution in [0.4, 0.5) is 5.82 Å². The minimum atomic E-state index is -0.542. The lowest BCUT2D eigenvalue weighted by Gasteiger charge is -2.31. The maximum atomic E-state index is 12.5. The van der Waals surface area contributed by atoms with Crippen LogP contribution in [0.5, 0.6) is 0 Å². The first-order valence-corrected chi connectivity index (χ1v) is 6.95. The minimum Gasteiger partial charge on any atom is -0.335 e. The summed E-state index contributed by atoms with van der Waals surface area (Å²) in [7, 11) is 0. The van der Waals surface area contributed by atoms with Crippen LogP contribution in [-0.4, -0.2) is 32.5 Å².